The fraction of sp³-hybridized carbons (Fsp3) is 0. The monoisotopic (exact) mass is 304 g/mol. The van der Waals surface area contributed by atoms with E-state index < -0.39 is 11.9 Å². The highest BCUT2D eigenvalue weighted by Crippen LogP contribution is 2.27. The number of benzene rings is 2. The molecular formula is C12H10Cl2O5. The zero-order valence-electron chi connectivity index (χ0n) is 9.36. The van der Waals surface area contributed by atoms with Gasteiger partial charge in [0.05, 0.1) is 5.56 Å². The van der Waals surface area contributed by atoms with Gasteiger partial charge in [-0.3, -0.25) is 0 Å². The summed E-state index contributed by atoms with van der Waals surface area (Å²) in [5.74, 6) is -2.68. The van der Waals surface area contributed by atoms with E-state index in [4.69, 9.17) is 10.2 Å². The Kier molecular flexibility index (Phi) is 5.61. The van der Waals surface area contributed by atoms with Crippen LogP contribution < -0.4 is 0 Å². The lowest BCUT2D eigenvalue weighted by Crippen LogP contribution is -2.00. The van der Waals surface area contributed by atoms with E-state index in [1.165, 1.54) is 30.3 Å². The minimum absolute atomic E-state index is 0. The topological polar surface area (TPSA) is 94.8 Å². The van der Waals surface area contributed by atoms with Crippen LogP contribution in [0.1, 0.15) is 20.7 Å². The number of carboxylic acid groups (broad SMARTS) is 2. The van der Waals surface area contributed by atoms with Gasteiger partial charge in [-0.2, -0.15) is 0 Å². The molecule has 0 bridgehead atoms. The summed E-state index contributed by atoms with van der Waals surface area (Å²) in [4.78, 5) is 21.7. The maximum atomic E-state index is 11.0. The highest BCUT2D eigenvalue weighted by atomic mass is 35.5. The van der Waals surface area contributed by atoms with Crippen LogP contribution >= 0.6 is 24.8 Å². The van der Waals surface area contributed by atoms with E-state index in [2.05, 4.69) is 0 Å². The van der Waals surface area contributed by atoms with Gasteiger partial charge in [-0.05, 0) is 29.0 Å². The quantitative estimate of drug-likeness (QED) is 0.793. The molecular weight excluding hydrogens is 295 g/mol. The lowest BCUT2D eigenvalue weighted by Gasteiger charge is -2.05. The molecule has 0 amide bonds. The van der Waals surface area contributed by atoms with Crippen LogP contribution in [0.5, 0.6) is 5.75 Å². The number of rotatable bonds is 2. The van der Waals surface area contributed by atoms with Crippen LogP contribution in [0.4, 0.5) is 0 Å². The third kappa shape index (κ3) is 3.07. The van der Waals surface area contributed by atoms with E-state index >= 15 is 0 Å². The van der Waals surface area contributed by atoms with E-state index in [1.54, 1.807) is 0 Å². The van der Waals surface area contributed by atoms with Gasteiger partial charge >= 0.3 is 11.9 Å². The van der Waals surface area contributed by atoms with Crippen LogP contribution in [-0.4, -0.2) is 27.3 Å². The predicted octanol–water partition coefficient (Wildman–Crippen LogP) is 2.79. The van der Waals surface area contributed by atoms with E-state index in [0.717, 1.165) is 0 Å². The first-order chi connectivity index (χ1) is 8.00. The average molecular weight is 305 g/mol. The molecule has 0 saturated carbocycles. The molecule has 2 rings (SSSR count). The molecule has 2 aromatic carbocycles. The van der Waals surface area contributed by atoms with Crippen molar-refractivity contribution in [1.82, 2.24) is 0 Å². The molecule has 7 heteroatoms. The molecule has 0 aliphatic carbocycles. The number of aromatic hydroxyl groups is 1. The van der Waals surface area contributed by atoms with Crippen LogP contribution in [0.3, 0.4) is 0 Å². The molecule has 3 N–H and O–H groups in total. The highest BCUT2D eigenvalue weighted by Gasteiger charge is 2.15. The normalized spacial score (nSPS) is 9.26. The highest BCUT2D eigenvalue weighted by molar-refractivity contribution is 6.07. The zero-order chi connectivity index (χ0) is 12.6. The molecule has 102 valence electrons. The predicted molar refractivity (Wildman–Crippen MR) is 74.0 cm³/mol. The van der Waals surface area contributed by atoms with Gasteiger partial charge < -0.3 is 15.3 Å². The fourth-order valence-electron chi connectivity index (χ4n) is 1.68. The second kappa shape index (κ2) is 6.26. The molecule has 0 spiro atoms. The van der Waals surface area contributed by atoms with E-state index in [0.29, 0.717) is 10.8 Å². The summed E-state index contributed by atoms with van der Waals surface area (Å²) in [7, 11) is 0. The first kappa shape index (κ1) is 17.0. The molecule has 0 unspecified atom stereocenters. The van der Waals surface area contributed by atoms with Gasteiger partial charge in [0.25, 0.3) is 0 Å². The largest absolute Gasteiger partial charge is 0.507 e. The Bertz CT molecular complexity index is 639. The molecule has 0 radical (unpaired) electrons. The first-order valence-electron chi connectivity index (χ1n) is 4.73. The average Bonchev–Trinajstić information content (AvgIpc) is 2.27. The molecule has 0 aliphatic heterocycles. The van der Waals surface area contributed by atoms with Crippen LogP contribution in [0.2, 0.25) is 0 Å². The van der Waals surface area contributed by atoms with Crippen molar-refractivity contribution in [2.24, 2.45) is 0 Å². The molecule has 0 heterocycles. The SMILES string of the molecule is Cl.Cl.O=C(O)c1ccc2c(C(=O)O)c(O)ccc2c1. The third-order valence-corrected chi connectivity index (χ3v) is 2.46. The summed E-state index contributed by atoms with van der Waals surface area (Å²) < 4.78 is 0. The number of carbonyl (C=O) groups is 2. The van der Waals surface area contributed by atoms with Gasteiger partial charge in [-0.25, -0.2) is 9.59 Å². The van der Waals surface area contributed by atoms with Crippen molar-refractivity contribution in [3.05, 3.63) is 41.5 Å². The number of hydrogen-bond donors (Lipinski definition) is 3. The van der Waals surface area contributed by atoms with Gasteiger partial charge in [0.2, 0.25) is 0 Å². The van der Waals surface area contributed by atoms with Crippen molar-refractivity contribution in [2.45, 2.75) is 0 Å². The van der Waals surface area contributed by atoms with Crippen molar-refractivity contribution >= 4 is 47.5 Å². The van der Waals surface area contributed by atoms with Gasteiger partial charge in [-0.1, -0.05) is 12.1 Å². The zero-order valence-corrected chi connectivity index (χ0v) is 11.0. The van der Waals surface area contributed by atoms with Crippen LogP contribution in [0.25, 0.3) is 10.8 Å². The molecule has 0 saturated heterocycles. The molecule has 5 nitrogen and oxygen atoms in total. The summed E-state index contributed by atoms with van der Waals surface area (Å²) >= 11 is 0. The Balaban J connectivity index is 0.00000162. The van der Waals surface area contributed by atoms with Crippen molar-refractivity contribution in [3.63, 3.8) is 0 Å². The van der Waals surface area contributed by atoms with Crippen molar-refractivity contribution in [1.29, 1.82) is 0 Å². The van der Waals surface area contributed by atoms with Crippen molar-refractivity contribution in [3.8, 4) is 5.75 Å². The van der Waals surface area contributed by atoms with Crippen molar-refractivity contribution in [2.75, 3.05) is 0 Å². The van der Waals surface area contributed by atoms with Crippen LogP contribution in [0.15, 0.2) is 30.3 Å². The first-order valence-corrected chi connectivity index (χ1v) is 4.73. The van der Waals surface area contributed by atoms with Crippen LogP contribution in [-0.2, 0) is 0 Å². The van der Waals surface area contributed by atoms with Gasteiger partial charge in [-0.15, -0.1) is 24.8 Å². The van der Waals surface area contributed by atoms with Crippen LogP contribution in [0, 0.1) is 0 Å². The van der Waals surface area contributed by atoms with Gasteiger partial charge in [0, 0.05) is 0 Å². The summed E-state index contributed by atoms with van der Waals surface area (Å²) in [5, 5.41) is 28.0. The summed E-state index contributed by atoms with van der Waals surface area (Å²) in [5.41, 5.74) is -0.154. The Morgan fingerprint density at radius 1 is 0.895 bits per heavy atom. The number of hydrogen-bond acceptors (Lipinski definition) is 3. The van der Waals surface area contributed by atoms with E-state index in [9.17, 15) is 14.7 Å². The molecule has 0 atom stereocenters. The molecule has 19 heavy (non-hydrogen) atoms. The van der Waals surface area contributed by atoms with Gasteiger partial charge in [0.15, 0.2) is 0 Å². The molecule has 0 fully saturated rings. The number of carboxylic acids is 2. The minimum atomic E-state index is -1.25. The van der Waals surface area contributed by atoms with Gasteiger partial charge in [0.1, 0.15) is 11.3 Å². The van der Waals surface area contributed by atoms with E-state index in [1.807, 2.05) is 0 Å². The Morgan fingerprint density at radius 2 is 1.53 bits per heavy atom. The summed E-state index contributed by atoms with van der Waals surface area (Å²) in [6, 6.07) is 6.75. The maximum Gasteiger partial charge on any atom is 0.340 e. The Morgan fingerprint density at radius 3 is 2.05 bits per heavy atom. The smallest absolute Gasteiger partial charge is 0.340 e. The Labute approximate surface area is 120 Å². The Hall–Kier alpha value is -1.98. The second-order valence-corrected chi connectivity index (χ2v) is 3.51. The standard InChI is InChI=1S/C12H8O5.2ClH/c13-9-4-2-6-5-7(11(14)15)1-3-8(6)10(9)12(16)17;;/h1-5,13H,(H,14,15)(H,16,17);2*1H. The number of halogens is 2. The fourth-order valence-corrected chi connectivity index (χ4v) is 1.68. The number of aromatic carboxylic acids is 2. The minimum Gasteiger partial charge on any atom is -0.507 e. The van der Waals surface area contributed by atoms with E-state index in [-0.39, 0.29) is 41.7 Å². The third-order valence-electron chi connectivity index (χ3n) is 2.46. The molecule has 0 aromatic heterocycles. The lowest BCUT2D eigenvalue weighted by atomic mass is 10.0. The second-order valence-electron chi connectivity index (χ2n) is 3.51. The maximum absolute atomic E-state index is 11.0. The summed E-state index contributed by atoms with van der Waals surface area (Å²) in [6.07, 6.45) is 0. The number of phenols is 1. The van der Waals surface area contributed by atoms with Crippen molar-refractivity contribution < 1.29 is 24.9 Å². The molecule has 2 aromatic rings. The molecule has 0 aliphatic rings. The lowest BCUT2D eigenvalue weighted by molar-refractivity contribution is 0.0686. The summed E-state index contributed by atoms with van der Waals surface area (Å²) in [6.45, 7) is 0. The number of fused-ring (bicyclic) bond motifs is 1.